The molecule has 0 radical (unpaired) electrons. The van der Waals surface area contributed by atoms with Gasteiger partial charge in [-0.1, -0.05) is 83.8 Å². The van der Waals surface area contributed by atoms with Crippen molar-refractivity contribution in [3.8, 4) is 17.0 Å². The zero-order valence-electron chi connectivity index (χ0n) is 31.3. The Bertz CT molecular complexity index is 1610. The van der Waals surface area contributed by atoms with Crippen molar-refractivity contribution in [2.45, 2.75) is 136 Å². The van der Waals surface area contributed by atoms with E-state index in [0.717, 1.165) is 74.4 Å². The predicted molar refractivity (Wildman–Crippen MR) is 200 cm³/mol. The number of hydrogen-bond acceptors (Lipinski definition) is 7. The number of anilines is 1. The summed E-state index contributed by atoms with van der Waals surface area (Å²) >= 11 is 0. The maximum absolute atomic E-state index is 14.7. The molecule has 5 rings (SSSR count). The molecule has 0 spiro atoms. The molecule has 1 atom stereocenters. The fourth-order valence-electron chi connectivity index (χ4n) is 8.37. The molecule has 0 aromatic carbocycles. The van der Waals surface area contributed by atoms with Gasteiger partial charge in [0.15, 0.2) is 0 Å². The van der Waals surface area contributed by atoms with Gasteiger partial charge in [0.05, 0.1) is 29.7 Å². The lowest BCUT2D eigenvalue weighted by Crippen LogP contribution is -2.39. The molecule has 2 amide bonds. The third-order valence-corrected chi connectivity index (χ3v) is 12.6. The van der Waals surface area contributed by atoms with Gasteiger partial charge in [-0.2, -0.15) is 10.2 Å². The van der Waals surface area contributed by atoms with Crippen molar-refractivity contribution < 1.29 is 19.4 Å². The molecule has 274 valence electrons. The molecule has 2 aliphatic carbocycles. The number of nitrogens with two attached hydrogens (primary N) is 1. The summed E-state index contributed by atoms with van der Waals surface area (Å²) in [4.78, 5) is 32.4. The predicted octanol–water partition coefficient (Wildman–Crippen LogP) is 7.96. The van der Waals surface area contributed by atoms with Crippen LogP contribution in [-0.2, 0) is 16.3 Å². The molecule has 3 aromatic heterocycles. The largest absolute Gasteiger partial charge is 0.506 e. The molecule has 4 N–H and O–H groups in total. The highest BCUT2D eigenvalue weighted by molar-refractivity contribution is 6.76. The van der Waals surface area contributed by atoms with Crippen LogP contribution < -0.4 is 11.1 Å². The minimum atomic E-state index is -1.21. The molecule has 0 aliphatic heterocycles. The van der Waals surface area contributed by atoms with E-state index in [0.29, 0.717) is 47.8 Å². The van der Waals surface area contributed by atoms with E-state index < -0.39 is 19.9 Å². The van der Waals surface area contributed by atoms with Crippen LogP contribution in [0.5, 0.6) is 5.75 Å². The summed E-state index contributed by atoms with van der Waals surface area (Å²) in [6, 6.07) is 2.53. The molecule has 3 aromatic rings. The standard InChI is InChI=1S/C38H59N7O4Si/c1-24(2)45-36(37(39)47)30(22-41-45)34(33(27-14-10-8-11-15-27)28-16-12-9-13-17-28)38(48)42-29-20-31(46)35(40-21-29)32-25(3)43-44(26(32)4)23-49-18-19-50(5,6)7/h20-22,24,27-28,33-34,46H,8-19,23H2,1-7H3,(H2,39,47)(H,42,48)/t34-/m1/s1. The third kappa shape index (κ3) is 8.67. The van der Waals surface area contributed by atoms with Gasteiger partial charge < -0.3 is 20.9 Å². The number of aromatic nitrogens is 5. The lowest BCUT2D eigenvalue weighted by Gasteiger charge is -2.42. The Kier molecular flexibility index (Phi) is 12.2. The van der Waals surface area contributed by atoms with Crippen LogP contribution in [0, 0.1) is 31.6 Å². The maximum Gasteiger partial charge on any atom is 0.267 e. The third-order valence-electron chi connectivity index (χ3n) is 10.9. The SMILES string of the molecule is Cc1nn(COCC[Si](C)(C)C)c(C)c1-c1ncc(NC(=O)[C@H](c2cnn(C(C)C)c2C(N)=O)C(C2CCCCC2)C2CCCCC2)cc1O. The van der Waals surface area contributed by atoms with Crippen LogP contribution in [0.1, 0.15) is 117 Å². The van der Waals surface area contributed by atoms with Gasteiger partial charge in [-0.25, -0.2) is 4.68 Å². The van der Waals surface area contributed by atoms with Crippen LogP contribution >= 0.6 is 0 Å². The smallest absolute Gasteiger partial charge is 0.267 e. The average molecular weight is 706 g/mol. The molecular formula is C38H59N7O4Si. The number of aryl methyl sites for hydroxylation is 1. The Morgan fingerprint density at radius 3 is 2.18 bits per heavy atom. The van der Waals surface area contributed by atoms with Crippen LogP contribution in [-0.4, -0.2) is 56.1 Å². The number of primary amides is 1. The highest BCUT2D eigenvalue weighted by Gasteiger charge is 2.43. The van der Waals surface area contributed by atoms with Crippen LogP contribution in [0.4, 0.5) is 5.69 Å². The van der Waals surface area contributed by atoms with Crippen molar-refractivity contribution in [3.63, 3.8) is 0 Å². The van der Waals surface area contributed by atoms with E-state index in [-0.39, 0.29) is 23.6 Å². The van der Waals surface area contributed by atoms with Crippen LogP contribution in [0.3, 0.4) is 0 Å². The number of nitrogens with zero attached hydrogens (tertiary/aromatic N) is 5. The summed E-state index contributed by atoms with van der Waals surface area (Å²) in [6.45, 7) is 15.7. The molecule has 0 unspecified atom stereocenters. The monoisotopic (exact) mass is 705 g/mol. The van der Waals surface area contributed by atoms with Crippen LogP contribution in [0.15, 0.2) is 18.5 Å². The summed E-state index contributed by atoms with van der Waals surface area (Å²) in [5, 5.41) is 23.7. The van der Waals surface area contributed by atoms with Crippen molar-refractivity contribution in [1.82, 2.24) is 24.5 Å². The first-order chi connectivity index (χ1) is 23.8. The Labute approximate surface area is 298 Å². The maximum atomic E-state index is 14.7. The zero-order chi connectivity index (χ0) is 36.2. The van der Waals surface area contributed by atoms with Gasteiger partial charge in [0.1, 0.15) is 23.9 Å². The molecule has 0 bridgehead atoms. The lowest BCUT2D eigenvalue weighted by molar-refractivity contribution is -0.120. The molecule has 2 fully saturated rings. The molecule has 2 saturated carbocycles. The normalized spacial score (nSPS) is 17.1. The Hall–Kier alpha value is -3.51. The highest BCUT2D eigenvalue weighted by Crippen LogP contribution is 2.48. The van der Waals surface area contributed by atoms with Crippen LogP contribution in [0.2, 0.25) is 25.7 Å². The molecule has 0 saturated heterocycles. The van der Waals surface area contributed by atoms with E-state index in [4.69, 9.17) is 10.5 Å². The van der Waals surface area contributed by atoms with E-state index in [1.165, 1.54) is 12.8 Å². The van der Waals surface area contributed by atoms with Gasteiger partial charge in [0, 0.05) is 43.6 Å². The quantitative estimate of drug-likeness (QED) is 0.114. The van der Waals surface area contributed by atoms with E-state index in [9.17, 15) is 14.7 Å². The van der Waals surface area contributed by atoms with Gasteiger partial charge >= 0.3 is 0 Å². The topological polar surface area (TPSA) is 150 Å². The first-order valence-electron chi connectivity index (χ1n) is 18.8. The van der Waals surface area contributed by atoms with Crippen molar-refractivity contribution in [3.05, 3.63) is 41.1 Å². The first kappa shape index (κ1) is 37.7. The number of rotatable bonds is 14. The lowest BCUT2D eigenvalue weighted by atomic mass is 9.63. The van der Waals surface area contributed by atoms with Crippen molar-refractivity contribution in [2.75, 3.05) is 11.9 Å². The second kappa shape index (κ2) is 16.2. The second-order valence-corrected chi connectivity index (χ2v) is 21.8. The molecule has 50 heavy (non-hydrogen) atoms. The van der Waals surface area contributed by atoms with Gasteiger partial charge in [-0.05, 0) is 51.5 Å². The minimum absolute atomic E-state index is 0.0449. The fraction of sp³-hybridized carbons (Fsp3) is 0.658. The van der Waals surface area contributed by atoms with Crippen molar-refractivity contribution >= 4 is 25.6 Å². The second-order valence-electron chi connectivity index (χ2n) is 16.2. The van der Waals surface area contributed by atoms with Gasteiger partial charge in [0.25, 0.3) is 5.91 Å². The number of nitrogens with one attached hydrogen (secondary N) is 1. The minimum Gasteiger partial charge on any atom is -0.506 e. The van der Waals surface area contributed by atoms with E-state index in [1.807, 2.05) is 27.7 Å². The number of ether oxygens (including phenoxy) is 1. The Balaban J connectivity index is 1.47. The van der Waals surface area contributed by atoms with Gasteiger partial charge in [0.2, 0.25) is 5.91 Å². The summed E-state index contributed by atoms with van der Waals surface area (Å²) in [7, 11) is -1.21. The molecule has 11 nitrogen and oxygen atoms in total. The first-order valence-corrected chi connectivity index (χ1v) is 22.5. The Morgan fingerprint density at radius 2 is 1.64 bits per heavy atom. The Morgan fingerprint density at radius 1 is 1.02 bits per heavy atom. The van der Waals surface area contributed by atoms with E-state index in [1.54, 1.807) is 27.8 Å². The number of amides is 2. The van der Waals surface area contributed by atoms with Gasteiger partial charge in [-0.15, -0.1) is 0 Å². The summed E-state index contributed by atoms with van der Waals surface area (Å²) in [6.07, 6.45) is 14.6. The molecular weight excluding hydrogens is 647 g/mol. The fourth-order valence-corrected chi connectivity index (χ4v) is 9.13. The van der Waals surface area contributed by atoms with Crippen LogP contribution in [0.25, 0.3) is 11.3 Å². The van der Waals surface area contributed by atoms with Crippen molar-refractivity contribution in [1.29, 1.82) is 0 Å². The average Bonchev–Trinajstić information content (AvgIpc) is 3.63. The van der Waals surface area contributed by atoms with E-state index >= 15 is 0 Å². The molecule has 2 aliphatic rings. The summed E-state index contributed by atoms with van der Waals surface area (Å²) < 4.78 is 9.41. The number of pyridine rings is 1. The summed E-state index contributed by atoms with van der Waals surface area (Å²) in [5.74, 6) is -0.701. The molecule has 3 heterocycles. The highest BCUT2D eigenvalue weighted by atomic mass is 28.3. The van der Waals surface area contributed by atoms with Crippen molar-refractivity contribution in [2.24, 2.45) is 23.5 Å². The van der Waals surface area contributed by atoms with E-state index in [2.05, 4.69) is 40.1 Å². The molecule has 12 heteroatoms. The number of carbonyl (C=O) groups excluding carboxylic acids is 2. The summed E-state index contributed by atoms with van der Waals surface area (Å²) in [5.41, 5.74) is 10.1. The number of carbonyl (C=O) groups is 2. The number of hydrogen-bond donors (Lipinski definition) is 3. The van der Waals surface area contributed by atoms with Gasteiger partial charge in [-0.3, -0.25) is 19.3 Å². The zero-order valence-corrected chi connectivity index (χ0v) is 32.3. The number of aromatic hydroxyl groups is 1.